The van der Waals surface area contributed by atoms with Crippen LogP contribution in [0.25, 0.3) is 10.2 Å². The smallest absolute Gasteiger partial charge is 0.234 e. The SMILES string of the molecule is C[C@H]1CCc2c(sc3ncnc(SCC(=O)Nc4ccc(C(C)(C)C)cc4)c23)C1. The number of rotatable bonds is 4. The monoisotopic (exact) mass is 425 g/mol. The molecule has 1 aliphatic rings. The number of nitrogens with zero attached hydrogens (tertiary/aromatic N) is 2. The van der Waals surface area contributed by atoms with E-state index < -0.39 is 0 Å². The van der Waals surface area contributed by atoms with Crippen LogP contribution >= 0.6 is 23.1 Å². The molecule has 4 rings (SSSR count). The molecule has 3 aromatic rings. The van der Waals surface area contributed by atoms with E-state index in [4.69, 9.17) is 0 Å². The van der Waals surface area contributed by atoms with Crippen molar-refractivity contribution in [2.75, 3.05) is 11.1 Å². The molecular formula is C23H27N3OS2. The van der Waals surface area contributed by atoms with E-state index in [-0.39, 0.29) is 11.3 Å². The van der Waals surface area contributed by atoms with E-state index in [0.29, 0.717) is 5.75 Å². The number of thioether (sulfide) groups is 1. The number of aryl methyl sites for hydroxylation is 1. The van der Waals surface area contributed by atoms with Gasteiger partial charge in [-0.3, -0.25) is 4.79 Å². The van der Waals surface area contributed by atoms with Crippen LogP contribution in [0.4, 0.5) is 5.69 Å². The summed E-state index contributed by atoms with van der Waals surface area (Å²) in [5, 5.41) is 5.10. The molecule has 0 unspecified atom stereocenters. The number of carbonyl (C=O) groups is 1. The van der Waals surface area contributed by atoms with Crippen LogP contribution in [0.15, 0.2) is 35.6 Å². The molecule has 29 heavy (non-hydrogen) atoms. The van der Waals surface area contributed by atoms with E-state index >= 15 is 0 Å². The Morgan fingerprint density at radius 1 is 1.24 bits per heavy atom. The Bertz CT molecular complexity index is 1030. The third kappa shape index (κ3) is 4.48. The van der Waals surface area contributed by atoms with Crippen molar-refractivity contribution < 1.29 is 4.79 Å². The third-order valence-corrected chi connectivity index (χ3v) is 7.58. The highest BCUT2D eigenvalue weighted by Crippen LogP contribution is 2.40. The van der Waals surface area contributed by atoms with Crippen LogP contribution in [0, 0.1) is 5.92 Å². The molecule has 1 N–H and O–H groups in total. The zero-order valence-corrected chi connectivity index (χ0v) is 19.0. The predicted octanol–water partition coefficient (Wildman–Crippen LogP) is 5.84. The standard InChI is InChI=1S/C23H27N3OS2/c1-14-5-10-17-18(11-14)29-22-20(17)21(24-13-25-22)28-12-19(27)26-16-8-6-15(7-9-16)23(2,3)4/h6-9,13-14H,5,10-12H2,1-4H3,(H,26,27)/t14-/m0/s1. The molecule has 2 aromatic heterocycles. The van der Waals surface area contributed by atoms with Gasteiger partial charge in [-0.1, -0.05) is 51.6 Å². The molecule has 0 bridgehead atoms. The Hall–Kier alpha value is -1.92. The minimum atomic E-state index is -0.0111. The van der Waals surface area contributed by atoms with Gasteiger partial charge in [-0.2, -0.15) is 0 Å². The van der Waals surface area contributed by atoms with Crippen LogP contribution < -0.4 is 5.32 Å². The van der Waals surface area contributed by atoms with Crippen LogP contribution in [-0.4, -0.2) is 21.6 Å². The van der Waals surface area contributed by atoms with Crippen molar-refractivity contribution in [3.05, 3.63) is 46.6 Å². The van der Waals surface area contributed by atoms with Gasteiger partial charge in [0, 0.05) is 16.0 Å². The second-order valence-corrected chi connectivity index (χ2v) is 10.9. The van der Waals surface area contributed by atoms with Crippen molar-refractivity contribution in [2.45, 2.75) is 57.4 Å². The first kappa shape index (κ1) is 20.4. The number of anilines is 1. The van der Waals surface area contributed by atoms with Gasteiger partial charge in [0.25, 0.3) is 0 Å². The third-order valence-electron chi connectivity index (χ3n) is 5.43. The second-order valence-electron chi connectivity index (χ2n) is 8.87. The summed E-state index contributed by atoms with van der Waals surface area (Å²) in [6, 6.07) is 8.11. The first-order valence-corrected chi connectivity index (χ1v) is 11.9. The quantitative estimate of drug-likeness (QED) is 0.421. The second kappa shape index (κ2) is 8.07. The maximum absolute atomic E-state index is 12.5. The number of hydrogen-bond acceptors (Lipinski definition) is 5. The maximum atomic E-state index is 12.5. The largest absolute Gasteiger partial charge is 0.325 e. The summed E-state index contributed by atoms with van der Waals surface area (Å²) in [7, 11) is 0. The minimum Gasteiger partial charge on any atom is -0.325 e. The number of nitrogens with one attached hydrogen (secondary N) is 1. The fourth-order valence-corrected chi connectivity index (χ4v) is 5.98. The Morgan fingerprint density at radius 3 is 2.72 bits per heavy atom. The average Bonchev–Trinajstić information content (AvgIpc) is 3.04. The van der Waals surface area contributed by atoms with E-state index in [1.807, 2.05) is 12.1 Å². The Labute approximate surface area is 180 Å². The van der Waals surface area contributed by atoms with Gasteiger partial charge in [0.05, 0.1) is 5.75 Å². The number of aromatic nitrogens is 2. The van der Waals surface area contributed by atoms with Crippen LogP contribution in [0.3, 0.4) is 0 Å². The van der Waals surface area contributed by atoms with Crippen molar-refractivity contribution in [2.24, 2.45) is 5.92 Å². The lowest BCUT2D eigenvalue weighted by Crippen LogP contribution is -2.15. The number of benzene rings is 1. The molecule has 1 amide bonds. The van der Waals surface area contributed by atoms with E-state index in [1.54, 1.807) is 17.7 Å². The molecular weight excluding hydrogens is 398 g/mol. The molecule has 2 heterocycles. The summed E-state index contributed by atoms with van der Waals surface area (Å²) in [4.78, 5) is 24.0. The van der Waals surface area contributed by atoms with Gasteiger partial charge in [-0.15, -0.1) is 11.3 Å². The van der Waals surface area contributed by atoms with Crippen molar-refractivity contribution >= 4 is 44.9 Å². The Morgan fingerprint density at radius 2 is 2.00 bits per heavy atom. The van der Waals surface area contributed by atoms with Crippen LogP contribution in [0.5, 0.6) is 0 Å². The normalized spacial score (nSPS) is 16.6. The summed E-state index contributed by atoms with van der Waals surface area (Å²) >= 11 is 3.30. The summed E-state index contributed by atoms with van der Waals surface area (Å²) < 4.78 is 0. The fourth-order valence-electron chi connectivity index (χ4n) is 3.74. The van der Waals surface area contributed by atoms with E-state index in [1.165, 1.54) is 39.6 Å². The first-order valence-electron chi connectivity index (χ1n) is 10.1. The molecule has 152 valence electrons. The molecule has 0 saturated carbocycles. The summed E-state index contributed by atoms with van der Waals surface area (Å²) in [5.74, 6) is 1.06. The molecule has 6 heteroatoms. The first-order chi connectivity index (χ1) is 13.8. The molecule has 1 aliphatic carbocycles. The molecule has 0 spiro atoms. The van der Waals surface area contributed by atoms with Gasteiger partial charge < -0.3 is 5.32 Å². The van der Waals surface area contributed by atoms with Crippen molar-refractivity contribution in [1.29, 1.82) is 0 Å². The molecule has 1 atom stereocenters. The number of thiophene rings is 1. The average molecular weight is 426 g/mol. The maximum Gasteiger partial charge on any atom is 0.234 e. The molecule has 1 aromatic carbocycles. The van der Waals surface area contributed by atoms with Crippen LogP contribution in [-0.2, 0) is 23.1 Å². The topological polar surface area (TPSA) is 54.9 Å². The highest BCUT2D eigenvalue weighted by atomic mass is 32.2. The van der Waals surface area contributed by atoms with E-state index in [2.05, 4.69) is 55.1 Å². The molecule has 0 radical (unpaired) electrons. The van der Waals surface area contributed by atoms with Gasteiger partial charge >= 0.3 is 0 Å². The Kier molecular flexibility index (Phi) is 5.67. The van der Waals surface area contributed by atoms with E-state index in [0.717, 1.165) is 34.3 Å². The van der Waals surface area contributed by atoms with Crippen LogP contribution in [0.2, 0.25) is 0 Å². The van der Waals surface area contributed by atoms with E-state index in [9.17, 15) is 4.79 Å². The molecule has 0 aliphatic heterocycles. The Balaban J connectivity index is 1.45. The van der Waals surface area contributed by atoms with Gasteiger partial charge in [-0.25, -0.2) is 9.97 Å². The summed E-state index contributed by atoms with van der Waals surface area (Å²) in [6.45, 7) is 8.86. The van der Waals surface area contributed by atoms with Gasteiger partial charge in [-0.05, 0) is 53.9 Å². The van der Waals surface area contributed by atoms with Crippen molar-refractivity contribution in [1.82, 2.24) is 9.97 Å². The zero-order chi connectivity index (χ0) is 20.6. The number of amides is 1. The minimum absolute atomic E-state index is 0.0111. The highest BCUT2D eigenvalue weighted by Gasteiger charge is 2.23. The number of carbonyl (C=O) groups excluding carboxylic acids is 1. The molecule has 0 fully saturated rings. The van der Waals surface area contributed by atoms with Crippen molar-refractivity contribution in [3.63, 3.8) is 0 Å². The summed E-state index contributed by atoms with van der Waals surface area (Å²) in [5.41, 5.74) is 3.60. The number of fused-ring (bicyclic) bond motifs is 3. The predicted molar refractivity (Wildman–Crippen MR) is 123 cm³/mol. The number of hydrogen-bond donors (Lipinski definition) is 1. The van der Waals surface area contributed by atoms with Crippen LogP contribution in [0.1, 0.15) is 50.1 Å². The van der Waals surface area contributed by atoms with Crippen molar-refractivity contribution in [3.8, 4) is 0 Å². The zero-order valence-electron chi connectivity index (χ0n) is 17.4. The summed E-state index contributed by atoms with van der Waals surface area (Å²) in [6.07, 6.45) is 5.05. The molecule has 0 saturated heterocycles. The fraction of sp³-hybridized carbons (Fsp3) is 0.435. The lowest BCUT2D eigenvalue weighted by molar-refractivity contribution is -0.113. The van der Waals surface area contributed by atoms with Gasteiger partial charge in [0.1, 0.15) is 16.2 Å². The molecule has 4 nitrogen and oxygen atoms in total. The lowest BCUT2D eigenvalue weighted by Gasteiger charge is -2.19. The highest BCUT2D eigenvalue weighted by molar-refractivity contribution is 8.00. The van der Waals surface area contributed by atoms with Gasteiger partial charge in [0.15, 0.2) is 0 Å². The van der Waals surface area contributed by atoms with Gasteiger partial charge in [0.2, 0.25) is 5.91 Å². The lowest BCUT2D eigenvalue weighted by atomic mass is 9.87.